The van der Waals surface area contributed by atoms with Gasteiger partial charge < -0.3 is 9.80 Å². The fourth-order valence-corrected chi connectivity index (χ4v) is 5.60. The van der Waals surface area contributed by atoms with E-state index in [4.69, 9.17) is 0 Å². The molecule has 30 heavy (non-hydrogen) atoms. The van der Waals surface area contributed by atoms with Gasteiger partial charge in [-0.1, -0.05) is 48.0 Å². The SMILES string of the molecule is Cc1ccc(S(=O)(=O)N2CC[NH+](CC(=O)N(C)[C@@H](C)c3ccccc3)CC2)c(C)c1. The average molecular weight is 431 g/mol. The third-order valence-electron chi connectivity index (χ3n) is 6.04. The van der Waals surface area contributed by atoms with Crippen molar-refractivity contribution in [3.05, 3.63) is 65.2 Å². The van der Waals surface area contributed by atoms with Crippen LogP contribution in [0.15, 0.2) is 53.4 Å². The van der Waals surface area contributed by atoms with Gasteiger partial charge in [-0.2, -0.15) is 4.31 Å². The molecule has 1 fully saturated rings. The molecule has 0 spiro atoms. The molecule has 0 bridgehead atoms. The first-order valence-electron chi connectivity index (χ1n) is 10.4. The van der Waals surface area contributed by atoms with Crippen LogP contribution in [0.3, 0.4) is 0 Å². The maximum atomic E-state index is 13.0. The molecule has 1 N–H and O–H groups in total. The Kier molecular flexibility index (Phi) is 6.95. The minimum Gasteiger partial charge on any atom is -0.334 e. The molecule has 1 saturated heterocycles. The average Bonchev–Trinajstić information content (AvgIpc) is 2.73. The number of rotatable bonds is 6. The van der Waals surface area contributed by atoms with Crippen LogP contribution in [0.5, 0.6) is 0 Å². The zero-order valence-electron chi connectivity index (χ0n) is 18.3. The third kappa shape index (κ3) is 4.91. The maximum absolute atomic E-state index is 13.0. The smallest absolute Gasteiger partial charge is 0.278 e. The van der Waals surface area contributed by atoms with Crippen LogP contribution in [-0.2, 0) is 14.8 Å². The second-order valence-corrected chi connectivity index (χ2v) is 10.1. The van der Waals surface area contributed by atoms with Crippen molar-refractivity contribution < 1.29 is 18.1 Å². The molecule has 162 valence electrons. The van der Waals surface area contributed by atoms with Crippen LogP contribution in [0.4, 0.5) is 0 Å². The number of nitrogens with one attached hydrogen (secondary N) is 1. The fraction of sp³-hybridized carbons (Fsp3) is 0.435. The Morgan fingerprint density at radius 3 is 2.33 bits per heavy atom. The number of benzene rings is 2. The molecule has 2 aromatic rings. The first-order chi connectivity index (χ1) is 14.2. The molecule has 1 atom stereocenters. The first kappa shape index (κ1) is 22.5. The molecule has 0 radical (unpaired) electrons. The maximum Gasteiger partial charge on any atom is 0.278 e. The topological polar surface area (TPSA) is 62.1 Å². The highest BCUT2D eigenvalue weighted by molar-refractivity contribution is 7.89. The number of aryl methyl sites for hydroxylation is 2. The molecule has 0 saturated carbocycles. The van der Waals surface area contributed by atoms with Crippen molar-refractivity contribution in [2.45, 2.75) is 31.7 Å². The van der Waals surface area contributed by atoms with Gasteiger partial charge in [0.1, 0.15) is 0 Å². The number of carbonyl (C=O) groups excluding carboxylic acids is 1. The highest BCUT2D eigenvalue weighted by Crippen LogP contribution is 2.21. The van der Waals surface area contributed by atoms with Gasteiger partial charge in [-0.25, -0.2) is 8.42 Å². The molecule has 7 heteroatoms. The monoisotopic (exact) mass is 430 g/mol. The lowest BCUT2D eigenvalue weighted by Crippen LogP contribution is -3.15. The number of carbonyl (C=O) groups is 1. The van der Waals surface area contributed by atoms with Crippen molar-refractivity contribution in [3.63, 3.8) is 0 Å². The minimum atomic E-state index is -3.50. The summed E-state index contributed by atoms with van der Waals surface area (Å²) in [6.07, 6.45) is 0. The zero-order valence-corrected chi connectivity index (χ0v) is 19.1. The predicted octanol–water partition coefficient (Wildman–Crippen LogP) is 1.41. The summed E-state index contributed by atoms with van der Waals surface area (Å²) in [7, 11) is -1.67. The lowest BCUT2D eigenvalue weighted by atomic mass is 10.1. The summed E-state index contributed by atoms with van der Waals surface area (Å²) in [6, 6.07) is 15.4. The van der Waals surface area contributed by atoms with Gasteiger partial charge in [-0.15, -0.1) is 0 Å². The Balaban J connectivity index is 1.58. The van der Waals surface area contributed by atoms with Crippen LogP contribution in [0.2, 0.25) is 0 Å². The van der Waals surface area contributed by atoms with Crippen LogP contribution in [0.25, 0.3) is 0 Å². The summed E-state index contributed by atoms with van der Waals surface area (Å²) < 4.78 is 27.6. The number of quaternary nitrogens is 1. The van der Waals surface area contributed by atoms with Crippen LogP contribution in [0.1, 0.15) is 29.7 Å². The molecule has 0 unspecified atom stereocenters. The van der Waals surface area contributed by atoms with Gasteiger partial charge in [0.15, 0.2) is 6.54 Å². The van der Waals surface area contributed by atoms with E-state index in [2.05, 4.69) is 0 Å². The van der Waals surface area contributed by atoms with Gasteiger partial charge in [-0.3, -0.25) is 4.79 Å². The van der Waals surface area contributed by atoms with Crippen molar-refractivity contribution in [3.8, 4) is 0 Å². The van der Waals surface area contributed by atoms with Gasteiger partial charge in [0.2, 0.25) is 10.0 Å². The first-order valence-corrected chi connectivity index (χ1v) is 11.9. The highest BCUT2D eigenvalue weighted by atomic mass is 32.2. The molecule has 2 aromatic carbocycles. The summed E-state index contributed by atoms with van der Waals surface area (Å²) in [5.74, 6) is 0.0760. The van der Waals surface area contributed by atoms with Crippen LogP contribution < -0.4 is 4.90 Å². The van der Waals surface area contributed by atoms with E-state index in [0.29, 0.717) is 37.6 Å². The summed E-state index contributed by atoms with van der Waals surface area (Å²) in [6.45, 7) is 8.31. The summed E-state index contributed by atoms with van der Waals surface area (Å²) in [5, 5.41) is 0. The molecule has 0 aliphatic carbocycles. The summed E-state index contributed by atoms with van der Waals surface area (Å²) >= 11 is 0. The van der Waals surface area contributed by atoms with E-state index in [1.54, 1.807) is 15.3 Å². The molecule has 6 nitrogen and oxygen atoms in total. The Bertz CT molecular complexity index is 984. The van der Waals surface area contributed by atoms with Crippen molar-refractivity contribution in [2.75, 3.05) is 39.8 Å². The van der Waals surface area contributed by atoms with Crippen molar-refractivity contribution in [1.29, 1.82) is 0 Å². The molecule has 1 aliphatic heterocycles. The second-order valence-electron chi connectivity index (χ2n) is 8.19. The molecule has 1 heterocycles. The van der Waals surface area contributed by atoms with Gasteiger partial charge in [0.25, 0.3) is 5.91 Å². The number of sulfonamides is 1. The van der Waals surface area contributed by atoms with E-state index in [0.717, 1.165) is 21.6 Å². The number of nitrogens with zero attached hydrogens (tertiary/aromatic N) is 2. The predicted molar refractivity (Wildman–Crippen MR) is 118 cm³/mol. The number of hydrogen-bond acceptors (Lipinski definition) is 3. The Morgan fingerprint density at radius 2 is 1.73 bits per heavy atom. The fourth-order valence-electron chi connectivity index (χ4n) is 3.96. The van der Waals surface area contributed by atoms with Crippen molar-refractivity contribution in [1.82, 2.24) is 9.21 Å². The third-order valence-corrected chi connectivity index (χ3v) is 8.09. The van der Waals surface area contributed by atoms with Crippen LogP contribution in [-0.4, -0.2) is 63.3 Å². The lowest BCUT2D eigenvalue weighted by molar-refractivity contribution is -0.896. The van der Waals surface area contributed by atoms with Gasteiger partial charge in [0, 0.05) is 7.05 Å². The van der Waals surface area contributed by atoms with E-state index >= 15 is 0 Å². The van der Waals surface area contributed by atoms with Gasteiger partial charge >= 0.3 is 0 Å². The number of amides is 1. The molecule has 1 aliphatic rings. The van der Waals surface area contributed by atoms with Crippen molar-refractivity contribution >= 4 is 15.9 Å². The second kappa shape index (κ2) is 9.29. The van der Waals surface area contributed by atoms with E-state index in [1.807, 2.05) is 70.3 Å². The quantitative estimate of drug-likeness (QED) is 0.754. The van der Waals surface area contributed by atoms with E-state index in [1.165, 1.54) is 0 Å². The molecular weight excluding hydrogens is 398 g/mol. The van der Waals surface area contributed by atoms with E-state index in [9.17, 15) is 13.2 Å². The standard InChI is InChI=1S/C23H31N3O3S/c1-18-10-11-22(19(2)16-18)30(28,29)26-14-12-25(13-15-26)17-23(27)24(4)20(3)21-8-6-5-7-9-21/h5-11,16,20H,12-15,17H2,1-4H3/p+1/t20-/m0/s1. The Hall–Kier alpha value is -2.22. The Labute approximate surface area is 180 Å². The normalized spacial score (nSPS) is 16.9. The molecule has 1 amide bonds. The van der Waals surface area contributed by atoms with Gasteiger partial charge in [-0.05, 0) is 38.0 Å². The minimum absolute atomic E-state index is 0.00396. The summed E-state index contributed by atoms with van der Waals surface area (Å²) in [4.78, 5) is 16.1. The highest BCUT2D eigenvalue weighted by Gasteiger charge is 2.32. The van der Waals surface area contributed by atoms with Gasteiger partial charge in [0.05, 0.1) is 37.1 Å². The molecular formula is C23H32N3O3S+. The number of likely N-dealkylation sites (N-methyl/N-ethyl adjacent to an activating group) is 1. The van der Waals surface area contributed by atoms with Crippen LogP contribution >= 0.6 is 0 Å². The molecule has 3 rings (SSSR count). The van der Waals surface area contributed by atoms with E-state index < -0.39 is 10.0 Å². The summed E-state index contributed by atoms with van der Waals surface area (Å²) in [5.41, 5.74) is 2.93. The van der Waals surface area contributed by atoms with E-state index in [-0.39, 0.29) is 11.9 Å². The largest absolute Gasteiger partial charge is 0.334 e. The number of hydrogen-bond donors (Lipinski definition) is 1. The Morgan fingerprint density at radius 1 is 1.10 bits per heavy atom. The number of piperazine rings is 1. The molecule has 0 aromatic heterocycles. The lowest BCUT2D eigenvalue weighted by Gasteiger charge is -2.33. The zero-order chi connectivity index (χ0) is 21.9. The van der Waals surface area contributed by atoms with Crippen LogP contribution in [0, 0.1) is 13.8 Å². The van der Waals surface area contributed by atoms with Crippen molar-refractivity contribution in [2.24, 2.45) is 0 Å².